The van der Waals surface area contributed by atoms with Gasteiger partial charge >= 0.3 is 0 Å². The van der Waals surface area contributed by atoms with E-state index in [-0.39, 0.29) is 5.41 Å². The minimum Gasteiger partial charge on any atom is -0.355 e. The fourth-order valence-electron chi connectivity index (χ4n) is 5.03. The molecule has 0 saturated carbocycles. The van der Waals surface area contributed by atoms with Crippen molar-refractivity contribution in [1.82, 2.24) is 0 Å². The normalized spacial score (nSPS) is 13.9. The lowest BCUT2D eigenvalue weighted by Gasteiger charge is -2.22. The van der Waals surface area contributed by atoms with E-state index >= 15 is 0 Å². The first-order valence-electron chi connectivity index (χ1n) is 10.5. The summed E-state index contributed by atoms with van der Waals surface area (Å²) in [7, 11) is 0. The van der Waals surface area contributed by atoms with E-state index in [0.29, 0.717) is 0 Å². The molecule has 1 heteroatoms. The Morgan fingerprint density at radius 2 is 1.17 bits per heavy atom. The van der Waals surface area contributed by atoms with Gasteiger partial charge in [-0.2, -0.15) is 0 Å². The second kappa shape index (κ2) is 6.21. The Kier molecular flexibility index (Phi) is 3.58. The van der Waals surface area contributed by atoms with Crippen LogP contribution in [0.1, 0.15) is 25.0 Å². The largest absolute Gasteiger partial charge is 0.355 e. The molecule has 1 aliphatic rings. The Balaban J connectivity index is 1.43. The minimum atomic E-state index is 0.0171. The standard InChI is InChI=1S/C29H23N/c1-29(2)27-10-6-5-9-24(27)25-16-15-22(18-28(25)29)30-21-14-13-20-12-11-19-7-3-4-8-23(19)26(20)17-21/h3-18,30H,1-2H3. The van der Waals surface area contributed by atoms with Crippen molar-refractivity contribution in [1.29, 1.82) is 0 Å². The van der Waals surface area contributed by atoms with Gasteiger partial charge in [0.1, 0.15) is 0 Å². The SMILES string of the molecule is CC1(C)c2ccccc2-c2ccc(Nc3ccc4ccc5ccccc5c4c3)cc21. The van der Waals surface area contributed by atoms with Crippen LogP contribution in [0.5, 0.6) is 0 Å². The molecule has 0 atom stereocenters. The van der Waals surface area contributed by atoms with Gasteiger partial charge in [0.2, 0.25) is 0 Å². The Labute approximate surface area is 177 Å². The van der Waals surface area contributed by atoms with Gasteiger partial charge in [-0.05, 0) is 68.1 Å². The highest BCUT2D eigenvalue weighted by atomic mass is 14.9. The summed E-state index contributed by atoms with van der Waals surface area (Å²) in [4.78, 5) is 0. The van der Waals surface area contributed by atoms with Crippen LogP contribution in [-0.4, -0.2) is 0 Å². The summed E-state index contributed by atoms with van der Waals surface area (Å²) in [6, 6.07) is 35.2. The molecule has 0 bridgehead atoms. The van der Waals surface area contributed by atoms with Crippen molar-refractivity contribution in [3.8, 4) is 11.1 Å². The maximum atomic E-state index is 3.66. The molecule has 0 aliphatic heterocycles. The molecule has 144 valence electrons. The Morgan fingerprint density at radius 1 is 0.533 bits per heavy atom. The molecule has 30 heavy (non-hydrogen) atoms. The van der Waals surface area contributed by atoms with Crippen LogP contribution in [0.3, 0.4) is 0 Å². The van der Waals surface area contributed by atoms with E-state index in [1.54, 1.807) is 0 Å². The zero-order valence-corrected chi connectivity index (χ0v) is 17.2. The van der Waals surface area contributed by atoms with Gasteiger partial charge in [-0.3, -0.25) is 0 Å². The Bertz CT molecular complexity index is 1440. The van der Waals surface area contributed by atoms with Gasteiger partial charge in [0, 0.05) is 16.8 Å². The van der Waals surface area contributed by atoms with Crippen molar-refractivity contribution >= 4 is 32.9 Å². The molecule has 0 amide bonds. The van der Waals surface area contributed by atoms with Gasteiger partial charge in [-0.15, -0.1) is 0 Å². The first kappa shape index (κ1) is 17.3. The van der Waals surface area contributed by atoms with E-state index in [1.807, 2.05) is 0 Å². The number of fused-ring (bicyclic) bond motifs is 6. The van der Waals surface area contributed by atoms with E-state index in [2.05, 4.69) is 116 Å². The first-order chi connectivity index (χ1) is 14.6. The smallest absolute Gasteiger partial charge is 0.0390 e. The summed E-state index contributed by atoms with van der Waals surface area (Å²) in [6.07, 6.45) is 0. The van der Waals surface area contributed by atoms with Crippen molar-refractivity contribution in [2.45, 2.75) is 19.3 Å². The summed E-state index contributed by atoms with van der Waals surface area (Å²) < 4.78 is 0. The number of rotatable bonds is 2. The number of benzene rings is 5. The van der Waals surface area contributed by atoms with Crippen LogP contribution in [0, 0.1) is 0 Å². The summed E-state index contributed by atoms with van der Waals surface area (Å²) in [6.45, 7) is 4.65. The second-order valence-electron chi connectivity index (χ2n) is 8.78. The van der Waals surface area contributed by atoms with Crippen LogP contribution < -0.4 is 5.32 Å². The van der Waals surface area contributed by atoms with Gasteiger partial charge in [0.15, 0.2) is 0 Å². The van der Waals surface area contributed by atoms with E-state index in [1.165, 1.54) is 43.8 Å². The van der Waals surface area contributed by atoms with Gasteiger partial charge in [0.05, 0.1) is 0 Å². The zero-order chi connectivity index (χ0) is 20.3. The predicted molar refractivity (Wildman–Crippen MR) is 129 cm³/mol. The van der Waals surface area contributed by atoms with Crippen LogP contribution in [-0.2, 0) is 5.41 Å². The number of nitrogens with one attached hydrogen (secondary N) is 1. The van der Waals surface area contributed by atoms with Crippen LogP contribution in [0.4, 0.5) is 11.4 Å². The lowest BCUT2D eigenvalue weighted by atomic mass is 9.82. The monoisotopic (exact) mass is 385 g/mol. The molecule has 0 spiro atoms. The predicted octanol–water partition coefficient (Wildman–Crippen LogP) is 8.04. The average molecular weight is 386 g/mol. The maximum absolute atomic E-state index is 3.66. The minimum absolute atomic E-state index is 0.0171. The fraction of sp³-hybridized carbons (Fsp3) is 0.103. The van der Waals surface area contributed by atoms with Crippen molar-refractivity contribution < 1.29 is 0 Å². The van der Waals surface area contributed by atoms with Crippen molar-refractivity contribution in [2.24, 2.45) is 0 Å². The van der Waals surface area contributed by atoms with E-state index in [4.69, 9.17) is 0 Å². The highest BCUT2D eigenvalue weighted by molar-refractivity contribution is 6.08. The molecule has 0 radical (unpaired) electrons. The van der Waals surface area contributed by atoms with Gasteiger partial charge in [-0.25, -0.2) is 0 Å². The highest BCUT2D eigenvalue weighted by Crippen LogP contribution is 2.49. The molecule has 1 nitrogen and oxygen atoms in total. The number of hydrogen-bond donors (Lipinski definition) is 1. The summed E-state index contributed by atoms with van der Waals surface area (Å²) in [5.41, 5.74) is 7.78. The van der Waals surface area contributed by atoms with Crippen LogP contribution >= 0.6 is 0 Å². The van der Waals surface area contributed by atoms with Crippen molar-refractivity contribution in [2.75, 3.05) is 5.32 Å². The first-order valence-corrected chi connectivity index (χ1v) is 10.5. The number of hydrogen-bond acceptors (Lipinski definition) is 1. The third kappa shape index (κ3) is 2.48. The van der Waals surface area contributed by atoms with Gasteiger partial charge < -0.3 is 5.32 Å². The number of anilines is 2. The maximum Gasteiger partial charge on any atom is 0.0390 e. The molecule has 0 heterocycles. The molecule has 0 unspecified atom stereocenters. The molecule has 0 saturated heterocycles. The van der Waals surface area contributed by atoms with E-state index < -0.39 is 0 Å². The molecule has 1 N–H and O–H groups in total. The molecular weight excluding hydrogens is 362 g/mol. The lowest BCUT2D eigenvalue weighted by molar-refractivity contribution is 0.660. The van der Waals surface area contributed by atoms with Crippen molar-refractivity contribution in [3.05, 3.63) is 108 Å². The third-order valence-corrected chi connectivity index (χ3v) is 6.62. The molecule has 0 fully saturated rings. The fourth-order valence-corrected chi connectivity index (χ4v) is 5.03. The summed E-state index contributed by atoms with van der Waals surface area (Å²) >= 11 is 0. The second-order valence-corrected chi connectivity index (χ2v) is 8.78. The molecule has 1 aliphatic carbocycles. The van der Waals surface area contributed by atoms with Gasteiger partial charge in [-0.1, -0.05) is 86.6 Å². The zero-order valence-electron chi connectivity index (χ0n) is 17.2. The third-order valence-electron chi connectivity index (χ3n) is 6.62. The summed E-state index contributed by atoms with van der Waals surface area (Å²) in [5, 5.41) is 8.78. The average Bonchev–Trinajstić information content (AvgIpc) is 3.01. The molecule has 5 aromatic carbocycles. The van der Waals surface area contributed by atoms with E-state index in [9.17, 15) is 0 Å². The lowest BCUT2D eigenvalue weighted by Crippen LogP contribution is -2.15. The molecular formula is C29H23N. The van der Waals surface area contributed by atoms with Crippen LogP contribution in [0.25, 0.3) is 32.7 Å². The topological polar surface area (TPSA) is 12.0 Å². The Hall–Kier alpha value is -3.58. The van der Waals surface area contributed by atoms with Crippen molar-refractivity contribution in [3.63, 3.8) is 0 Å². The van der Waals surface area contributed by atoms with Crippen LogP contribution in [0.15, 0.2) is 97.1 Å². The van der Waals surface area contributed by atoms with Gasteiger partial charge in [0.25, 0.3) is 0 Å². The Morgan fingerprint density at radius 3 is 2.07 bits per heavy atom. The van der Waals surface area contributed by atoms with E-state index in [0.717, 1.165) is 11.4 Å². The van der Waals surface area contributed by atoms with Crippen LogP contribution in [0.2, 0.25) is 0 Å². The molecule has 6 rings (SSSR count). The molecule has 0 aromatic heterocycles. The summed E-state index contributed by atoms with van der Waals surface area (Å²) in [5.74, 6) is 0. The molecule has 5 aromatic rings. The quantitative estimate of drug-likeness (QED) is 0.303. The highest BCUT2D eigenvalue weighted by Gasteiger charge is 2.35.